The van der Waals surface area contributed by atoms with Gasteiger partial charge in [-0.1, -0.05) is 12.1 Å². The van der Waals surface area contributed by atoms with Crippen LogP contribution in [0.5, 0.6) is 5.75 Å². The summed E-state index contributed by atoms with van der Waals surface area (Å²) in [5.41, 5.74) is 0.248. The third-order valence-electron chi connectivity index (χ3n) is 3.37. The van der Waals surface area contributed by atoms with Crippen LogP contribution in [-0.4, -0.2) is 34.4 Å². The molecule has 0 bridgehead atoms. The van der Waals surface area contributed by atoms with E-state index in [1.165, 1.54) is 38.4 Å². The number of hydrogen-bond acceptors (Lipinski definition) is 5. The summed E-state index contributed by atoms with van der Waals surface area (Å²) in [6.45, 7) is 0. The van der Waals surface area contributed by atoms with Crippen molar-refractivity contribution >= 4 is 27.5 Å². The van der Waals surface area contributed by atoms with Gasteiger partial charge in [-0.2, -0.15) is 0 Å². The Morgan fingerprint density at radius 3 is 2.36 bits per heavy atom. The van der Waals surface area contributed by atoms with Crippen LogP contribution in [0, 0.1) is 0 Å². The molecule has 0 spiro atoms. The minimum Gasteiger partial charge on any atom is -0.496 e. The minimum atomic E-state index is -4.15. The molecule has 0 aromatic heterocycles. The van der Waals surface area contributed by atoms with E-state index in [-0.39, 0.29) is 27.5 Å². The molecule has 132 valence electrons. The average molecular weight is 363 g/mol. The van der Waals surface area contributed by atoms with Crippen molar-refractivity contribution in [2.45, 2.75) is 4.90 Å². The van der Waals surface area contributed by atoms with Crippen LogP contribution in [0.2, 0.25) is 0 Å². The number of urea groups is 1. The molecule has 0 aliphatic heterocycles. The zero-order valence-electron chi connectivity index (χ0n) is 13.6. The van der Waals surface area contributed by atoms with Crippen LogP contribution in [0.3, 0.4) is 0 Å². The van der Waals surface area contributed by atoms with Gasteiger partial charge in [-0.3, -0.25) is 4.79 Å². The first-order chi connectivity index (χ1) is 11.8. The highest BCUT2D eigenvalue weighted by molar-refractivity contribution is 7.89. The van der Waals surface area contributed by atoms with Gasteiger partial charge in [0.1, 0.15) is 5.75 Å². The fourth-order valence-corrected chi connectivity index (χ4v) is 2.92. The van der Waals surface area contributed by atoms with Gasteiger partial charge in [-0.15, -0.1) is 0 Å². The third-order valence-corrected chi connectivity index (χ3v) is 4.34. The first-order valence-electron chi connectivity index (χ1n) is 7.11. The van der Waals surface area contributed by atoms with Gasteiger partial charge in [-0.25, -0.2) is 18.4 Å². The number of primary sulfonamides is 1. The molecule has 2 rings (SSSR count). The number of nitrogens with one attached hydrogen (secondary N) is 2. The maximum absolute atomic E-state index is 12.9. The van der Waals surface area contributed by atoms with E-state index < -0.39 is 21.8 Å². The van der Waals surface area contributed by atoms with E-state index in [9.17, 15) is 18.0 Å². The van der Waals surface area contributed by atoms with Gasteiger partial charge >= 0.3 is 6.03 Å². The van der Waals surface area contributed by atoms with E-state index in [1.54, 1.807) is 18.2 Å². The largest absolute Gasteiger partial charge is 0.496 e. The van der Waals surface area contributed by atoms with Gasteiger partial charge in [0.25, 0.3) is 0 Å². The molecule has 0 saturated heterocycles. The number of hydrogen-bond donors (Lipinski definition) is 3. The predicted molar refractivity (Wildman–Crippen MR) is 92.3 cm³/mol. The van der Waals surface area contributed by atoms with Crippen molar-refractivity contribution in [3.63, 3.8) is 0 Å². The Kier molecular flexibility index (Phi) is 5.40. The second kappa shape index (κ2) is 7.32. The monoisotopic (exact) mass is 363 g/mol. The molecule has 4 N–H and O–H groups in total. The highest BCUT2D eigenvalue weighted by Crippen LogP contribution is 2.26. The number of benzene rings is 2. The Morgan fingerprint density at radius 1 is 1.08 bits per heavy atom. The van der Waals surface area contributed by atoms with Crippen LogP contribution < -0.4 is 20.5 Å². The minimum absolute atomic E-state index is 0.166. The van der Waals surface area contributed by atoms with Gasteiger partial charge in [0.05, 0.1) is 17.6 Å². The second-order valence-corrected chi connectivity index (χ2v) is 6.52. The normalized spacial score (nSPS) is 10.8. The predicted octanol–water partition coefficient (Wildman–Crippen LogP) is 1.32. The van der Waals surface area contributed by atoms with Crippen LogP contribution in [0.15, 0.2) is 47.4 Å². The summed E-state index contributed by atoms with van der Waals surface area (Å²) in [5, 5.41) is 10.0. The fraction of sp³-hybridized carbons (Fsp3) is 0.125. The number of sulfonamides is 1. The van der Waals surface area contributed by atoms with Crippen molar-refractivity contribution in [1.29, 1.82) is 0 Å². The van der Waals surface area contributed by atoms with E-state index >= 15 is 0 Å². The molecule has 2 amide bonds. The molecule has 9 heteroatoms. The van der Waals surface area contributed by atoms with Crippen molar-refractivity contribution < 1.29 is 22.7 Å². The molecular formula is C16H17N3O5S. The van der Waals surface area contributed by atoms with E-state index in [4.69, 9.17) is 9.88 Å². The molecule has 25 heavy (non-hydrogen) atoms. The number of ether oxygens (including phenoxy) is 1. The van der Waals surface area contributed by atoms with Gasteiger partial charge in [-0.05, 0) is 30.3 Å². The molecule has 0 aliphatic carbocycles. The maximum atomic E-state index is 12.9. The number of ketones is 1. The number of carbonyl (C=O) groups is 2. The smallest absolute Gasteiger partial charge is 0.318 e. The summed E-state index contributed by atoms with van der Waals surface area (Å²) in [6.07, 6.45) is 0. The Labute approximate surface area is 145 Å². The average Bonchev–Trinajstić information content (AvgIpc) is 2.59. The topological polar surface area (TPSA) is 128 Å². The van der Waals surface area contributed by atoms with Crippen LogP contribution in [0.4, 0.5) is 10.5 Å². The first kappa shape index (κ1) is 18.4. The summed E-state index contributed by atoms with van der Waals surface area (Å²) >= 11 is 0. The molecule has 0 unspecified atom stereocenters. The highest BCUT2D eigenvalue weighted by Gasteiger charge is 2.23. The zero-order valence-corrected chi connectivity index (χ0v) is 14.4. The number of anilines is 1. The van der Waals surface area contributed by atoms with Crippen LogP contribution >= 0.6 is 0 Å². The van der Waals surface area contributed by atoms with E-state index in [0.29, 0.717) is 0 Å². The van der Waals surface area contributed by atoms with Gasteiger partial charge < -0.3 is 15.4 Å². The zero-order chi connectivity index (χ0) is 18.6. The van der Waals surface area contributed by atoms with Gasteiger partial charge in [0.15, 0.2) is 5.78 Å². The lowest BCUT2D eigenvalue weighted by atomic mass is 10.0. The standard InChI is InChI=1S/C16H17N3O5S/c1-18-16(21)19-10-7-8-14(25(17,22)23)12(9-10)15(20)11-5-3-4-6-13(11)24-2/h3-9H,1-2H3,(H2,17,22,23)(H2,18,19,21). The van der Waals surface area contributed by atoms with Gasteiger partial charge in [0.2, 0.25) is 10.0 Å². The van der Waals surface area contributed by atoms with E-state index in [0.717, 1.165) is 0 Å². The number of nitrogens with two attached hydrogens (primary N) is 1. The van der Waals surface area contributed by atoms with Crippen molar-refractivity contribution in [3.05, 3.63) is 53.6 Å². The fourth-order valence-electron chi connectivity index (χ4n) is 2.20. The van der Waals surface area contributed by atoms with Crippen molar-refractivity contribution in [2.75, 3.05) is 19.5 Å². The molecule has 0 heterocycles. The molecule has 0 atom stereocenters. The molecule has 0 saturated carbocycles. The molecule has 0 aliphatic rings. The Morgan fingerprint density at radius 2 is 1.76 bits per heavy atom. The van der Waals surface area contributed by atoms with Crippen LogP contribution in [0.25, 0.3) is 0 Å². The molecule has 2 aromatic carbocycles. The summed E-state index contributed by atoms with van der Waals surface area (Å²) in [4.78, 5) is 24.0. The first-order valence-corrected chi connectivity index (χ1v) is 8.66. The third kappa shape index (κ3) is 4.14. The number of carbonyl (C=O) groups excluding carboxylic acids is 2. The number of rotatable bonds is 5. The van der Waals surface area contributed by atoms with Gasteiger partial charge in [0, 0.05) is 18.3 Å². The van der Waals surface area contributed by atoms with Crippen LogP contribution in [-0.2, 0) is 10.0 Å². The lowest BCUT2D eigenvalue weighted by Gasteiger charge is -2.12. The highest BCUT2D eigenvalue weighted by atomic mass is 32.2. The van der Waals surface area contributed by atoms with E-state index in [1.807, 2.05) is 0 Å². The second-order valence-electron chi connectivity index (χ2n) is 4.99. The Bertz CT molecular complexity index is 925. The maximum Gasteiger partial charge on any atom is 0.318 e. The molecule has 2 aromatic rings. The molecule has 0 radical (unpaired) electrons. The lowest BCUT2D eigenvalue weighted by molar-refractivity contribution is 0.103. The number of methoxy groups -OCH3 is 1. The Balaban J connectivity index is 2.61. The van der Waals surface area contributed by atoms with Crippen molar-refractivity contribution in [1.82, 2.24) is 5.32 Å². The summed E-state index contributed by atoms with van der Waals surface area (Å²) in [6, 6.07) is 9.64. The number of amides is 2. The van der Waals surface area contributed by atoms with Crippen LogP contribution in [0.1, 0.15) is 15.9 Å². The van der Waals surface area contributed by atoms with Crippen molar-refractivity contribution in [2.24, 2.45) is 5.14 Å². The number of para-hydroxylation sites is 1. The quantitative estimate of drug-likeness (QED) is 0.691. The molecular weight excluding hydrogens is 346 g/mol. The summed E-state index contributed by atoms with van der Waals surface area (Å²) in [5.74, 6) is -0.306. The van der Waals surface area contributed by atoms with Crippen molar-refractivity contribution in [3.8, 4) is 5.75 Å². The SMILES string of the molecule is CNC(=O)Nc1ccc(S(N)(=O)=O)c(C(=O)c2ccccc2OC)c1. The summed E-state index contributed by atoms with van der Waals surface area (Å²) in [7, 11) is -1.32. The molecule has 0 fully saturated rings. The van der Waals surface area contributed by atoms with E-state index in [2.05, 4.69) is 10.6 Å². The molecule has 8 nitrogen and oxygen atoms in total. The Hall–Kier alpha value is -2.91. The summed E-state index contributed by atoms with van der Waals surface area (Å²) < 4.78 is 28.8. The lowest BCUT2D eigenvalue weighted by Crippen LogP contribution is -2.25.